The Kier molecular flexibility index (Phi) is 3.89. The van der Waals surface area contributed by atoms with Gasteiger partial charge in [-0.15, -0.1) is 0 Å². The summed E-state index contributed by atoms with van der Waals surface area (Å²) in [5.74, 6) is 0.669. The standard InChI is InChI=1S/C14H22N2O/c1-11-8-13(16(2)3)4-5-14(11)15-9-12-6-7-17-10-12/h4-5,8,12,15H,6-7,9-10H2,1-3H3. The molecule has 1 aromatic rings. The molecule has 1 saturated heterocycles. The molecule has 3 nitrogen and oxygen atoms in total. The number of rotatable bonds is 4. The summed E-state index contributed by atoms with van der Waals surface area (Å²) in [6.45, 7) is 5.00. The van der Waals surface area contributed by atoms with Crippen molar-refractivity contribution in [2.75, 3.05) is 44.1 Å². The third-order valence-corrected chi connectivity index (χ3v) is 3.33. The van der Waals surface area contributed by atoms with Gasteiger partial charge in [0, 0.05) is 44.5 Å². The lowest BCUT2D eigenvalue weighted by atomic mass is 10.1. The lowest BCUT2D eigenvalue weighted by Gasteiger charge is -2.17. The Balaban J connectivity index is 1.96. The van der Waals surface area contributed by atoms with E-state index in [0.29, 0.717) is 5.92 Å². The Morgan fingerprint density at radius 1 is 1.41 bits per heavy atom. The molecule has 1 fully saturated rings. The normalized spacial score (nSPS) is 19.4. The maximum absolute atomic E-state index is 5.38. The minimum atomic E-state index is 0.669. The SMILES string of the molecule is Cc1cc(N(C)C)ccc1NCC1CCOC1. The van der Waals surface area contributed by atoms with Crippen molar-refractivity contribution in [2.24, 2.45) is 5.92 Å². The lowest BCUT2D eigenvalue weighted by Crippen LogP contribution is -2.15. The quantitative estimate of drug-likeness (QED) is 0.866. The van der Waals surface area contributed by atoms with Crippen LogP contribution in [0, 0.1) is 12.8 Å². The first-order valence-corrected chi connectivity index (χ1v) is 6.26. The topological polar surface area (TPSA) is 24.5 Å². The zero-order valence-corrected chi connectivity index (χ0v) is 11.0. The number of nitrogens with one attached hydrogen (secondary N) is 1. The molecule has 0 radical (unpaired) electrons. The van der Waals surface area contributed by atoms with Gasteiger partial charge in [0.25, 0.3) is 0 Å². The van der Waals surface area contributed by atoms with Crippen molar-refractivity contribution < 1.29 is 4.74 Å². The van der Waals surface area contributed by atoms with Gasteiger partial charge in [-0.3, -0.25) is 0 Å². The number of anilines is 2. The molecule has 0 spiro atoms. The van der Waals surface area contributed by atoms with Gasteiger partial charge in [-0.1, -0.05) is 0 Å². The Bertz CT molecular complexity index is 370. The predicted molar refractivity (Wildman–Crippen MR) is 72.9 cm³/mol. The van der Waals surface area contributed by atoms with E-state index in [0.717, 1.165) is 19.8 Å². The van der Waals surface area contributed by atoms with E-state index >= 15 is 0 Å². The van der Waals surface area contributed by atoms with E-state index in [4.69, 9.17) is 4.74 Å². The monoisotopic (exact) mass is 234 g/mol. The molecule has 2 rings (SSSR count). The van der Waals surface area contributed by atoms with Gasteiger partial charge in [-0.05, 0) is 37.1 Å². The predicted octanol–water partition coefficient (Wildman–Crippen LogP) is 2.51. The molecular weight excluding hydrogens is 212 g/mol. The van der Waals surface area contributed by atoms with Crippen molar-refractivity contribution in [1.29, 1.82) is 0 Å². The Morgan fingerprint density at radius 2 is 2.24 bits per heavy atom. The van der Waals surface area contributed by atoms with E-state index in [9.17, 15) is 0 Å². The number of benzene rings is 1. The Morgan fingerprint density at radius 3 is 2.82 bits per heavy atom. The zero-order chi connectivity index (χ0) is 12.3. The van der Waals surface area contributed by atoms with Gasteiger partial charge in [-0.2, -0.15) is 0 Å². The fraction of sp³-hybridized carbons (Fsp3) is 0.571. The summed E-state index contributed by atoms with van der Waals surface area (Å²) in [7, 11) is 4.13. The highest BCUT2D eigenvalue weighted by atomic mass is 16.5. The van der Waals surface area contributed by atoms with Crippen LogP contribution in [-0.2, 0) is 4.74 Å². The first-order valence-electron chi connectivity index (χ1n) is 6.26. The molecule has 1 aliphatic heterocycles. The van der Waals surface area contributed by atoms with E-state index in [2.05, 4.69) is 49.4 Å². The molecule has 0 aliphatic carbocycles. The summed E-state index contributed by atoms with van der Waals surface area (Å²) in [4.78, 5) is 2.13. The molecular formula is C14H22N2O. The van der Waals surface area contributed by atoms with Gasteiger partial charge in [-0.25, -0.2) is 0 Å². The van der Waals surface area contributed by atoms with Crippen LogP contribution in [0.2, 0.25) is 0 Å². The second-order valence-corrected chi connectivity index (χ2v) is 5.00. The molecule has 1 heterocycles. The van der Waals surface area contributed by atoms with Crippen LogP contribution in [0.15, 0.2) is 18.2 Å². The van der Waals surface area contributed by atoms with Crippen molar-refractivity contribution in [1.82, 2.24) is 0 Å². The van der Waals surface area contributed by atoms with E-state index in [1.165, 1.54) is 23.4 Å². The maximum atomic E-state index is 5.38. The molecule has 1 N–H and O–H groups in total. The minimum Gasteiger partial charge on any atom is -0.384 e. The Hall–Kier alpha value is -1.22. The van der Waals surface area contributed by atoms with E-state index in [-0.39, 0.29) is 0 Å². The average Bonchev–Trinajstić information content (AvgIpc) is 2.80. The summed E-state index contributed by atoms with van der Waals surface area (Å²) in [5.41, 5.74) is 3.79. The van der Waals surface area contributed by atoms with Crippen molar-refractivity contribution >= 4 is 11.4 Å². The molecule has 1 atom stereocenters. The van der Waals surface area contributed by atoms with Crippen molar-refractivity contribution in [3.05, 3.63) is 23.8 Å². The minimum absolute atomic E-state index is 0.669. The molecule has 0 saturated carbocycles. The van der Waals surface area contributed by atoms with E-state index in [1.54, 1.807) is 0 Å². The largest absolute Gasteiger partial charge is 0.384 e. The molecule has 0 aromatic heterocycles. The average molecular weight is 234 g/mol. The van der Waals surface area contributed by atoms with E-state index < -0.39 is 0 Å². The molecule has 17 heavy (non-hydrogen) atoms. The molecule has 0 bridgehead atoms. The summed E-state index contributed by atoms with van der Waals surface area (Å²) in [6.07, 6.45) is 1.18. The highest BCUT2D eigenvalue weighted by Crippen LogP contribution is 2.22. The molecule has 3 heteroatoms. The van der Waals surface area contributed by atoms with Crippen LogP contribution < -0.4 is 10.2 Å². The van der Waals surface area contributed by atoms with Gasteiger partial charge in [0.05, 0.1) is 6.61 Å². The van der Waals surface area contributed by atoms with Crippen LogP contribution >= 0.6 is 0 Å². The van der Waals surface area contributed by atoms with Gasteiger partial charge >= 0.3 is 0 Å². The fourth-order valence-electron chi connectivity index (χ4n) is 2.12. The summed E-state index contributed by atoms with van der Waals surface area (Å²) in [5, 5.41) is 3.52. The van der Waals surface area contributed by atoms with Gasteiger partial charge in [0.15, 0.2) is 0 Å². The molecule has 0 amide bonds. The molecule has 1 unspecified atom stereocenters. The molecule has 94 valence electrons. The lowest BCUT2D eigenvalue weighted by molar-refractivity contribution is 0.187. The maximum Gasteiger partial charge on any atom is 0.0511 e. The van der Waals surface area contributed by atoms with Crippen LogP contribution in [0.5, 0.6) is 0 Å². The van der Waals surface area contributed by atoms with Crippen LogP contribution in [0.4, 0.5) is 11.4 Å². The summed E-state index contributed by atoms with van der Waals surface area (Å²) < 4.78 is 5.38. The van der Waals surface area contributed by atoms with Crippen LogP contribution in [0.1, 0.15) is 12.0 Å². The molecule has 1 aromatic carbocycles. The smallest absolute Gasteiger partial charge is 0.0511 e. The third-order valence-electron chi connectivity index (χ3n) is 3.33. The highest BCUT2D eigenvalue weighted by molar-refractivity contribution is 5.59. The van der Waals surface area contributed by atoms with Crippen LogP contribution in [-0.4, -0.2) is 33.9 Å². The van der Waals surface area contributed by atoms with Gasteiger partial charge in [0.2, 0.25) is 0 Å². The highest BCUT2D eigenvalue weighted by Gasteiger charge is 2.15. The number of nitrogens with zero attached hydrogens (tertiary/aromatic N) is 1. The van der Waals surface area contributed by atoms with Crippen LogP contribution in [0.25, 0.3) is 0 Å². The summed E-state index contributed by atoms with van der Waals surface area (Å²) >= 11 is 0. The fourth-order valence-corrected chi connectivity index (χ4v) is 2.12. The van der Waals surface area contributed by atoms with Crippen LogP contribution in [0.3, 0.4) is 0 Å². The zero-order valence-electron chi connectivity index (χ0n) is 11.0. The number of hydrogen-bond acceptors (Lipinski definition) is 3. The number of aryl methyl sites for hydroxylation is 1. The van der Waals surface area contributed by atoms with Gasteiger partial charge < -0.3 is 15.0 Å². The Labute approximate surface area is 104 Å². The number of hydrogen-bond donors (Lipinski definition) is 1. The summed E-state index contributed by atoms with van der Waals surface area (Å²) in [6, 6.07) is 6.54. The van der Waals surface area contributed by atoms with Crippen molar-refractivity contribution in [3.8, 4) is 0 Å². The first-order chi connectivity index (χ1) is 8.16. The van der Waals surface area contributed by atoms with E-state index in [1.807, 2.05) is 0 Å². The first kappa shape index (κ1) is 12.2. The second-order valence-electron chi connectivity index (χ2n) is 5.00. The second kappa shape index (κ2) is 5.41. The van der Waals surface area contributed by atoms with Crippen molar-refractivity contribution in [2.45, 2.75) is 13.3 Å². The number of ether oxygens (including phenoxy) is 1. The third kappa shape index (κ3) is 3.13. The van der Waals surface area contributed by atoms with Crippen molar-refractivity contribution in [3.63, 3.8) is 0 Å². The molecule has 1 aliphatic rings. The van der Waals surface area contributed by atoms with Gasteiger partial charge in [0.1, 0.15) is 0 Å².